The summed E-state index contributed by atoms with van der Waals surface area (Å²) < 4.78 is 8.77. The van der Waals surface area contributed by atoms with E-state index in [1.54, 1.807) is 11.1 Å². The third-order valence-electron chi connectivity index (χ3n) is 14.3. The molecular weight excluding hydrogens is 669 g/mol. The van der Waals surface area contributed by atoms with Crippen LogP contribution in [0.1, 0.15) is 43.2 Å². The molecule has 2 aromatic heterocycles. The maximum atomic E-state index is 6.34. The van der Waals surface area contributed by atoms with Crippen LogP contribution in [0.3, 0.4) is 0 Å². The van der Waals surface area contributed by atoms with E-state index in [0.717, 1.165) is 57.0 Å². The molecule has 3 nitrogen and oxygen atoms in total. The molecule has 264 valence electrons. The van der Waals surface area contributed by atoms with Gasteiger partial charge in [0.15, 0.2) is 0 Å². The SMILES string of the molecule is c1ccc(-n2c3ccccc3c3ccc(N(c4ccc5c(c4)-c4ccccc4C54C5CC6CC(C5)CC4C6)c4ccc5oc6ccccc6c5c4)cc32)cc1. The van der Waals surface area contributed by atoms with Gasteiger partial charge in [-0.25, -0.2) is 0 Å². The Hall–Kier alpha value is -6.06. The highest BCUT2D eigenvalue weighted by Crippen LogP contribution is 2.69. The number of anilines is 3. The molecule has 9 aromatic rings. The number of hydrogen-bond donors (Lipinski definition) is 0. The maximum Gasteiger partial charge on any atom is 0.135 e. The van der Waals surface area contributed by atoms with Gasteiger partial charge in [-0.15, -0.1) is 0 Å². The van der Waals surface area contributed by atoms with E-state index >= 15 is 0 Å². The minimum atomic E-state index is 0.146. The fraction of sp³-hybridized carbons (Fsp3) is 0.192. The number of benzene rings is 7. The molecule has 2 heterocycles. The van der Waals surface area contributed by atoms with Crippen molar-refractivity contribution in [1.29, 1.82) is 0 Å². The topological polar surface area (TPSA) is 21.3 Å². The zero-order valence-corrected chi connectivity index (χ0v) is 30.7. The first-order valence-electron chi connectivity index (χ1n) is 20.3. The molecule has 5 aliphatic carbocycles. The Kier molecular flexibility index (Phi) is 6.06. The monoisotopic (exact) mass is 708 g/mol. The smallest absolute Gasteiger partial charge is 0.135 e. The molecular formula is C52H40N2O. The molecule has 5 aliphatic rings. The summed E-state index contributed by atoms with van der Waals surface area (Å²) in [5.74, 6) is 3.34. The summed E-state index contributed by atoms with van der Waals surface area (Å²) in [6.45, 7) is 0. The molecule has 4 saturated carbocycles. The van der Waals surface area contributed by atoms with Gasteiger partial charge in [-0.1, -0.05) is 91.0 Å². The Morgan fingerprint density at radius 2 is 1.07 bits per heavy atom. The lowest BCUT2D eigenvalue weighted by Gasteiger charge is -2.61. The van der Waals surface area contributed by atoms with Gasteiger partial charge in [0.05, 0.1) is 11.0 Å². The highest BCUT2D eigenvalue weighted by molar-refractivity contribution is 6.11. The molecule has 7 aromatic carbocycles. The maximum absolute atomic E-state index is 6.34. The van der Waals surface area contributed by atoms with Gasteiger partial charge < -0.3 is 13.9 Å². The molecule has 0 N–H and O–H groups in total. The van der Waals surface area contributed by atoms with Crippen molar-refractivity contribution in [3.8, 4) is 16.8 Å². The second-order valence-corrected chi connectivity index (χ2v) is 17.0. The van der Waals surface area contributed by atoms with Crippen molar-refractivity contribution in [3.63, 3.8) is 0 Å². The van der Waals surface area contributed by atoms with Crippen molar-refractivity contribution in [2.75, 3.05) is 4.90 Å². The van der Waals surface area contributed by atoms with Gasteiger partial charge >= 0.3 is 0 Å². The Morgan fingerprint density at radius 1 is 0.455 bits per heavy atom. The largest absolute Gasteiger partial charge is 0.456 e. The molecule has 0 aliphatic heterocycles. The van der Waals surface area contributed by atoms with Gasteiger partial charge in [0.25, 0.3) is 0 Å². The Morgan fingerprint density at radius 3 is 1.93 bits per heavy atom. The van der Waals surface area contributed by atoms with E-state index in [-0.39, 0.29) is 5.41 Å². The van der Waals surface area contributed by atoms with E-state index < -0.39 is 0 Å². The van der Waals surface area contributed by atoms with E-state index in [4.69, 9.17) is 4.42 Å². The zero-order chi connectivity index (χ0) is 35.8. The molecule has 4 fully saturated rings. The molecule has 4 bridgehead atoms. The molecule has 3 heteroatoms. The van der Waals surface area contributed by atoms with Crippen molar-refractivity contribution in [2.45, 2.75) is 37.5 Å². The quantitative estimate of drug-likeness (QED) is 0.181. The molecule has 0 atom stereocenters. The number of fused-ring (bicyclic) bond motifs is 9. The number of rotatable bonds is 4. The van der Waals surface area contributed by atoms with Crippen molar-refractivity contribution < 1.29 is 4.42 Å². The first kappa shape index (κ1) is 30.3. The van der Waals surface area contributed by atoms with Gasteiger partial charge in [-0.2, -0.15) is 0 Å². The summed E-state index contributed by atoms with van der Waals surface area (Å²) in [6.07, 6.45) is 7.03. The summed E-state index contributed by atoms with van der Waals surface area (Å²) in [7, 11) is 0. The van der Waals surface area contributed by atoms with Crippen LogP contribution in [0.4, 0.5) is 17.1 Å². The van der Waals surface area contributed by atoms with Crippen LogP contribution in [-0.4, -0.2) is 4.57 Å². The average molecular weight is 709 g/mol. The van der Waals surface area contributed by atoms with Gasteiger partial charge in [0.1, 0.15) is 11.2 Å². The second kappa shape index (κ2) is 11.0. The fourth-order valence-electron chi connectivity index (χ4n) is 12.5. The third kappa shape index (κ3) is 4.06. The van der Waals surface area contributed by atoms with Crippen LogP contribution < -0.4 is 4.90 Å². The molecule has 0 amide bonds. The van der Waals surface area contributed by atoms with Crippen LogP contribution in [0.15, 0.2) is 162 Å². The number of hydrogen-bond acceptors (Lipinski definition) is 2. The summed E-state index contributed by atoms with van der Waals surface area (Å²) in [5.41, 5.74) is 15.1. The lowest BCUT2D eigenvalue weighted by Crippen LogP contribution is -2.55. The normalized spacial score (nSPS) is 23.3. The van der Waals surface area contributed by atoms with E-state index in [9.17, 15) is 0 Å². The summed E-state index contributed by atoms with van der Waals surface area (Å²) >= 11 is 0. The van der Waals surface area contributed by atoms with Crippen LogP contribution in [0.2, 0.25) is 0 Å². The van der Waals surface area contributed by atoms with Crippen LogP contribution in [0.25, 0.3) is 60.6 Å². The third-order valence-corrected chi connectivity index (χ3v) is 14.3. The molecule has 14 rings (SSSR count). The number of furan rings is 1. The van der Waals surface area contributed by atoms with Crippen LogP contribution in [-0.2, 0) is 5.41 Å². The molecule has 0 unspecified atom stereocenters. The fourth-order valence-corrected chi connectivity index (χ4v) is 12.5. The second-order valence-electron chi connectivity index (χ2n) is 17.0. The zero-order valence-electron chi connectivity index (χ0n) is 30.7. The first-order valence-corrected chi connectivity index (χ1v) is 20.3. The van der Waals surface area contributed by atoms with E-state index in [2.05, 4.69) is 167 Å². The standard InChI is InChI=1S/C52H40N2O/c1-2-10-36(11-3-1)54-48-16-8-5-13-41(48)42-21-18-39(31-49(42)54)53(38-20-23-51-45(30-38)43-14-6-9-17-50(43)55-51)37-19-22-47-44(29-37)40-12-4-7-15-46(40)52(47)34-25-32-24-33(27-34)28-35(52)26-32/h1-23,29-35H,24-28H2. The Bertz CT molecular complexity index is 2990. The van der Waals surface area contributed by atoms with Crippen molar-refractivity contribution >= 4 is 60.8 Å². The predicted octanol–water partition coefficient (Wildman–Crippen LogP) is 13.9. The number of para-hydroxylation sites is 3. The summed E-state index contributed by atoms with van der Waals surface area (Å²) in [6, 6.07) is 58.8. The van der Waals surface area contributed by atoms with Gasteiger partial charge in [-0.05, 0) is 145 Å². The van der Waals surface area contributed by atoms with Crippen molar-refractivity contribution in [2.24, 2.45) is 23.7 Å². The van der Waals surface area contributed by atoms with Crippen LogP contribution >= 0.6 is 0 Å². The minimum absolute atomic E-state index is 0.146. The van der Waals surface area contributed by atoms with Crippen molar-refractivity contribution in [1.82, 2.24) is 4.57 Å². The molecule has 55 heavy (non-hydrogen) atoms. The van der Waals surface area contributed by atoms with Gasteiger partial charge in [0.2, 0.25) is 0 Å². The molecule has 0 saturated heterocycles. The van der Waals surface area contributed by atoms with Crippen LogP contribution in [0, 0.1) is 23.7 Å². The molecule has 0 radical (unpaired) electrons. The lowest BCUT2D eigenvalue weighted by atomic mass is 9.43. The van der Waals surface area contributed by atoms with E-state index in [0.29, 0.717) is 0 Å². The van der Waals surface area contributed by atoms with Gasteiger partial charge in [-0.3, -0.25) is 0 Å². The number of aromatic nitrogens is 1. The van der Waals surface area contributed by atoms with Gasteiger partial charge in [0, 0.05) is 49.7 Å². The Labute approximate surface area is 320 Å². The van der Waals surface area contributed by atoms with Crippen LogP contribution in [0.5, 0.6) is 0 Å². The summed E-state index contributed by atoms with van der Waals surface area (Å²) in [5, 5.41) is 4.80. The highest BCUT2D eigenvalue weighted by Gasteiger charge is 2.61. The first-order chi connectivity index (χ1) is 27.2. The molecule has 1 spiro atoms. The Balaban J connectivity index is 1.06. The van der Waals surface area contributed by atoms with Crippen molar-refractivity contribution in [3.05, 3.63) is 169 Å². The van der Waals surface area contributed by atoms with E-state index in [1.807, 2.05) is 0 Å². The highest BCUT2D eigenvalue weighted by atomic mass is 16.3. The minimum Gasteiger partial charge on any atom is -0.456 e. The predicted molar refractivity (Wildman–Crippen MR) is 226 cm³/mol. The average Bonchev–Trinajstić information content (AvgIpc) is 3.86. The lowest BCUT2D eigenvalue weighted by molar-refractivity contribution is -0.0399. The van der Waals surface area contributed by atoms with E-state index in [1.165, 1.54) is 76.4 Å². The number of nitrogens with zero attached hydrogens (tertiary/aromatic N) is 2. The summed E-state index contributed by atoms with van der Waals surface area (Å²) in [4.78, 5) is 2.48.